The molecule has 0 saturated carbocycles. The van der Waals surface area contributed by atoms with Crippen molar-refractivity contribution in [2.24, 2.45) is 0 Å². The molecule has 0 radical (unpaired) electrons. The van der Waals surface area contributed by atoms with Gasteiger partial charge in [-0.25, -0.2) is 18.2 Å². The Morgan fingerprint density at radius 1 is 1.38 bits per heavy atom. The molecule has 10 nitrogen and oxygen atoms in total. The van der Waals surface area contributed by atoms with Crippen molar-refractivity contribution in [1.29, 1.82) is 0 Å². The average molecular weight is 482 g/mol. The molecule has 1 spiro atoms. The van der Waals surface area contributed by atoms with Crippen molar-refractivity contribution in [3.05, 3.63) is 18.6 Å². The molecule has 0 aromatic carbocycles. The van der Waals surface area contributed by atoms with Gasteiger partial charge in [-0.3, -0.25) is 9.78 Å². The third-order valence-electron chi connectivity index (χ3n) is 4.95. The highest BCUT2D eigenvalue weighted by molar-refractivity contribution is 7.90. The Bertz CT molecular complexity index is 900. The highest BCUT2D eigenvalue weighted by atomic mass is 32.2. The van der Waals surface area contributed by atoms with Crippen LogP contribution in [0.2, 0.25) is 0 Å². The lowest BCUT2D eigenvalue weighted by molar-refractivity contribution is -0.192. The second kappa shape index (κ2) is 10.4. The number of carboxylic acids is 1. The van der Waals surface area contributed by atoms with Crippen LogP contribution in [0.4, 0.5) is 19.0 Å². The highest BCUT2D eigenvalue weighted by Gasteiger charge is 2.44. The number of piperidine rings is 1. The zero-order valence-electron chi connectivity index (χ0n) is 17.3. The fourth-order valence-corrected chi connectivity index (χ4v) is 4.09. The van der Waals surface area contributed by atoms with Gasteiger partial charge in [0, 0.05) is 44.6 Å². The van der Waals surface area contributed by atoms with Crippen LogP contribution in [0.5, 0.6) is 0 Å². The number of carboxylic acid groups (broad SMARTS) is 1. The van der Waals surface area contributed by atoms with Crippen LogP contribution >= 0.6 is 0 Å². The minimum absolute atomic E-state index is 0.0379. The molecule has 2 atom stereocenters. The summed E-state index contributed by atoms with van der Waals surface area (Å²) in [7, 11) is -3.13. The van der Waals surface area contributed by atoms with Crippen molar-refractivity contribution in [2.75, 3.05) is 37.0 Å². The van der Waals surface area contributed by atoms with E-state index in [0.717, 1.165) is 25.5 Å². The van der Waals surface area contributed by atoms with Gasteiger partial charge in [-0.05, 0) is 12.8 Å². The molecular formula is C18H25F3N4O6S. The summed E-state index contributed by atoms with van der Waals surface area (Å²) in [6.07, 6.45) is 3.60. The number of carbonyl (C=O) groups is 2. The molecule has 180 valence electrons. The number of anilines is 1. The first-order valence-corrected chi connectivity index (χ1v) is 11.8. The monoisotopic (exact) mass is 482 g/mol. The van der Waals surface area contributed by atoms with E-state index < -0.39 is 22.0 Å². The van der Waals surface area contributed by atoms with E-state index in [4.69, 9.17) is 14.6 Å². The fraction of sp³-hybridized carbons (Fsp3) is 0.667. The first-order valence-electron chi connectivity index (χ1n) is 9.72. The number of nitrogens with one attached hydrogen (secondary N) is 1. The standard InChI is InChI=1S/C16H24N4O4S.C2HF3O2/c1-25(22,23)8-3-15(21)20-7-2-4-16(12-20)9-13(11-24-16)19-14-10-17-5-6-18-14;3-2(4,5)1(6)7/h5-6,10,13H,2-4,7-9,11-12H2,1H3,(H,18,19);(H,6,7). The molecule has 2 fully saturated rings. The lowest BCUT2D eigenvalue weighted by Crippen LogP contribution is -2.50. The number of alkyl halides is 3. The molecule has 32 heavy (non-hydrogen) atoms. The van der Waals surface area contributed by atoms with E-state index >= 15 is 0 Å². The summed E-state index contributed by atoms with van der Waals surface area (Å²) in [6, 6.07) is 0.128. The van der Waals surface area contributed by atoms with Gasteiger partial charge in [-0.2, -0.15) is 13.2 Å². The van der Waals surface area contributed by atoms with Crippen molar-refractivity contribution in [3.8, 4) is 0 Å². The molecule has 1 aromatic rings. The molecular weight excluding hydrogens is 457 g/mol. The molecule has 2 aliphatic rings. The first kappa shape index (κ1) is 25.8. The predicted octanol–water partition coefficient (Wildman–Crippen LogP) is 1.11. The zero-order valence-corrected chi connectivity index (χ0v) is 18.2. The normalized spacial score (nSPS) is 23.4. The second-order valence-corrected chi connectivity index (χ2v) is 9.99. The number of likely N-dealkylation sites (tertiary alicyclic amines) is 1. The maximum absolute atomic E-state index is 12.3. The van der Waals surface area contributed by atoms with Crippen LogP contribution < -0.4 is 5.32 Å². The number of ether oxygens (including phenoxy) is 1. The summed E-state index contributed by atoms with van der Waals surface area (Å²) in [5.74, 6) is -2.26. The smallest absolute Gasteiger partial charge is 0.475 e. The number of sulfone groups is 1. The van der Waals surface area contributed by atoms with Gasteiger partial charge in [-0.15, -0.1) is 0 Å². The molecule has 2 aliphatic heterocycles. The lowest BCUT2D eigenvalue weighted by atomic mass is 9.88. The molecule has 2 unspecified atom stereocenters. The number of aromatic nitrogens is 2. The Morgan fingerprint density at radius 2 is 2.06 bits per heavy atom. The van der Waals surface area contributed by atoms with Crippen molar-refractivity contribution >= 4 is 27.5 Å². The van der Waals surface area contributed by atoms with E-state index in [1.54, 1.807) is 23.5 Å². The molecule has 1 aromatic heterocycles. The van der Waals surface area contributed by atoms with E-state index in [2.05, 4.69) is 15.3 Å². The van der Waals surface area contributed by atoms with E-state index in [-0.39, 0.29) is 29.7 Å². The van der Waals surface area contributed by atoms with Gasteiger partial charge in [0.15, 0.2) is 0 Å². The first-order chi connectivity index (χ1) is 14.8. The molecule has 0 bridgehead atoms. The maximum Gasteiger partial charge on any atom is 0.490 e. The molecule has 3 heterocycles. The molecule has 2 saturated heterocycles. The minimum atomic E-state index is -5.08. The van der Waals surface area contributed by atoms with Crippen molar-refractivity contribution in [2.45, 2.75) is 43.5 Å². The van der Waals surface area contributed by atoms with Crippen LogP contribution in [0.15, 0.2) is 18.6 Å². The number of halogens is 3. The van der Waals surface area contributed by atoms with Crippen molar-refractivity contribution in [1.82, 2.24) is 14.9 Å². The largest absolute Gasteiger partial charge is 0.490 e. The van der Waals surface area contributed by atoms with Gasteiger partial charge < -0.3 is 20.1 Å². The number of carbonyl (C=O) groups excluding carboxylic acids is 1. The Labute approximate surface area is 183 Å². The molecule has 1 amide bonds. The third-order valence-corrected chi connectivity index (χ3v) is 5.89. The minimum Gasteiger partial charge on any atom is -0.475 e. The summed E-state index contributed by atoms with van der Waals surface area (Å²) in [6.45, 7) is 1.74. The van der Waals surface area contributed by atoms with Gasteiger partial charge in [-0.1, -0.05) is 0 Å². The van der Waals surface area contributed by atoms with Crippen molar-refractivity contribution < 1.29 is 41.0 Å². The quantitative estimate of drug-likeness (QED) is 0.632. The predicted molar refractivity (Wildman–Crippen MR) is 107 cm³/mol. The fourth-order valence-electron chi connectivity index (χ4n) is 3.55. The van der Waals surface area contributed by atoms with Crippen molar-refractivity contribution in [3.63, 3.8) is 0 Å². The van der Waals surface area contributed by atoms with Crippen LogP contribution in [-0.2, 0) is 24.2 Å². The van der Waals surface area contributed by atoms with Gasteiger partial charge in [0.1, 0.15) is 15.7 Å². The third kappa shape index (κ3) is 8.22. The van der Waals surface area contributed by atoms with Gasteiger partial charge in [0.25, 0.3) is 0 Å². The Morgan fingerprint density at radius 3 is 2.62 bits per heavy atom. The molecule has 14 heteroatoms. The van der Waals surface area contributed by atoms with E-state index in [1.807, 2.05) is 0 Å². The Balaban J connectivity index is 0.000000451. The van der Waals surface area contributed by atoms with Gasteiger partial charge in [0.05, 0.1) is 30.2 Å². The summed E-state index contributed by atoms with van der Waals surface area (Å²) >= 11 is 0. The van der Waals surface area contributed by atoms with Gasteiger partial charge in [0.2, 0.25) is 5.91 Å². The topological polar surface area (TPSA) is 139 Å². The maximum atomic E-state index is 12.3. The number of aliphatic carboxylic acids is 1. The number of rotatable bonds is 5. The van der Waals surface area contributed by atoms with Crippen LogP contribution in [-0.4, -0.2) is 89.8 Å². The summed E-state index contributed by atoms with van der Waals surface area (Å²) < 4.78 is 60.3. The van der Waals surface area contributed by atoms with Crippen LogP contribution in [0, 0.1) is 0 Å². The van der Waals surface area contributed by atoms with Crippen LogP contribution in [0.3, 0.4) is 0 Å². The molecule has 2 N–H and O–H groups in total. The van der Waals surface area contributed by atoms with Gasteiger partial charge >= 0.3 is 12.1 Å². The van der Waals surface area contributed by atoms with Crippen LogP contribution in [0.1, 0.15) is 25.7 Å². The van der Waals surface area contributed by atoms with E-state index in [0.29, 0.717) is 25.5 Å². The summed E-state index contributed by atoms with van der Waals surface area (Å²) in [5.41, 5.74) is -0.348. The average Bonchev–Trinajstić information content (AvgIpc) is 3.07. The highest BCUT2D eigenvalue weighted by Crippen LogP contribution is 2.35. The molecule has 3 rings (SSSR count). The summed E-state index contributed by atoms with van der Waals surface area (Å²) in [4.78, 5) is 31.2. The Hall–Kier alpha value is -2.48. The van der Waals surface area contributed by atoms with E-state index in [9.17, 15) is 26.4 Å². The molecule has 0 aliphatic carbocycles. The number of hydrogen-bond donors (Lipinski definition) is 2. The number of nitrogens with zero attached hydrogens (tertiary/aromatic N) is 3. The number of amides is 1. The van der Waals surface area contributed by atoms with E-state index in [1.165, 1.54) is 0 Å². The Kier molecular flexibility index (Phi) is 8.40. The number of hydrogen-bond acceptors (Lipinski definition) is 8. The SMILES string of the molecule is CS(=O)(=O)CCC(=O)N1CCCC2(CC(Nc3cnccn3)CO2)C1.O=C(O)C(F)(F)F. The summed E-state index contributed by atoms with van der Waals surface area (Å²) in [5, 5.41) is 10.4. The second-order valence-electron chi connectivity index (χ2n) is 7.73. The zero-order chi connectivity index (χ0) is 24.0. The lowest BCUT2D eigenvalue weighted by Gasteiger charge is -2.39. The van der Waals surface area contributed by atoms with Crippen LogP contribution in [0.25, 0.3) is 0 Å².